The number of halogens is 1. The fourth-order valence-electron chi connectivity index (χ4n) is 4.08. The van der Waals surface area contributed by atoms with Gasteiger partial charge in [-0.3, -0.25) is 14.4 Å². The van der Waals surface area contributed by atoms with Gasteiger partial charge in [-0.1, -0.05) is 37.1 Å². The van der Waals surface area contributed by atoms with Gasteiger partial charge in [-0.2, -0.15) is 0 Å². The molecule has 3 aromatic rings. The van der Waals surface area contributed by atoms with Crippen LogP contribution in [0.1, 0.15) is 51.8 Å². The topological polar surface area (TPSA) is 78.5 Å². The van der Waals surface area contributed by atoms with Crippen LogP contribution in [0.4, 0.5) is 4.39 Å². The second-order valence-electron chi connectivity index (χ2n) is 8.22. The summed E-state index contributed by atoms with van der Waals surface area (Å²) in [6.07, 6.45) is 3.99. The minimum absolute atomic E-state index is 0.0938. The van der Waals surface area contributed by atoms with Crippen molar-refractivity contribution < 1.29 is 18.8 Å². The zero-order valence-electron chi connectivity index (χ0n) is 18.5. The van der Waals surface area contributed by atoms with Gasteiger partial charge in [0.1, 0.15) is 11.9 Å². The van der Waals surface area contributed by atoms with E-state index in [0.717, 1.165) is 30.6 Å². The Morgan fingerprint density at radius 2 is 1.71 bits per heavy atom. The highest BCUT2D eigenvalue weighted by atomic mass is 32.1. The molecular formula is C25H26FN3O3S2. The van der Waals surface area contributed by atoms with E-state index < -0.39 is 11.9 Å². The number of hydrogen-bond donors (Lipinski definition) is 2. The average molecular weight is 500 g/mol. The number of carbonyl (C=O) groups is 3. The summed E-state index contributed by atoms with van der Waals surface area (Å²) in [4.78, 5) is 42.0. The van der Waals surface area contributed by atoms with Crippen LogP contribution in [0.3, 0.4) is 0 Å². The van der Waals surface area contributed by atoms with Gasteiger partial charge >= 0.3 is 0 Å². The predicted octanol–water partition coefficient (Wildman–Crippen LogP) is 4.51. The summed E-state index contributed by atoms with van der Waals surface area (Å²) in [5.41, 5.74) is 0.689. The van der Waals surface area contributed by atoms with Crippen molar-refractivity contribution in [2.75, 3.05) is 6.54 Å². The molecule has 3 amide bonds. The molecule has 1 saturated carbocycles. The van der Waals surface area contributed by atoms with Crippen LogP contribution in [0.2, 0.25) is 0 Å². The van der Waals surface area contributed by atoms with E-state index in [9.17, 15) is 18.8 Å². The third-order valence-corrected chi connectivity index (χ3v) is 7.60. The van der Waals surface area contributed by atoms with Gasteiger partial charge in [0.05, 0.1) is 11.4 Å². The first-order chi connectivity index (χ1) is 16.5. The lowest BCUT2D eigenvalue weighted by Crippen LogP contribution is -2.48. The van der Waals surface area contributed by atoms with Crippen molar-refractivity contribution >= 4 is 40.4 Å². The van der Waals surface area contributed by atoms with E-state index in [-0.39, 0.29) is 36.8 Å². The summed E-state index contributed by atoms with van der Waals surface area (Å²) in [5.74, 6) is -1.35. The molecule has 4 rings (SSSR count). The maximum Gasteiger partial charge on any atom is 0.261 e. The van der Waals surface area contributed by atoms with Gasteiger partial charge in [0.15, 0.2) is 0 Å². The van der Waals surface area contributed by atoms with Crippen molar-refractivity contribution in [3.8, 4) is 0 Å². The first kappa shape index (κ1) is 24.1. The first-order valence-corrected chi connectivity index (χ1v) is 13.0. The molecule has 2 heterocycles. The third-order valence-electron chi connectivity index (χ3n) is 5.81. The predicted molar refractivity (Wildman–Crippen MR) is 131 cm³/mol. The van der Waals surface area contributed by atoms with E-state index in [4.69, 9.17) is 0 Å². The summed E-state index contributed by atoms with van der Waals surface area (Å²) in [6, 6.07) is 12.2. The minimum Gasteiger partial charge on any atom is -0.351 e. The summed E-state index contributed by atoms with van der Waals surface area (Å²) < 4.78 is 13.5. The summed E-state index contributed by atoms with van der Waals surface area (Å²) in [7, 11) is 0. The Morgan fingerprint density at radius 3 is 2.35 bits per heavy atom. The summed E-state index contributed by atoms with van der Waals surface area (Å²) in [5, 5.41) is 9.43. The Bertz CT molecular complexity index is 1100. The standard InChI is InChI=1S/C25H26FN3O3S2/c26-18-11-9-17(10-12-18)16-29(22(30)15-27-24(31)21-8-4-14-34-21)23(20-7-3-13-33-20)25(32)28-19-5-1-2-6-19/h3-4,7-14,19,23H,1-2,5-6,15-16H2,(H,27,31)(H,28,32). The van der Waals surface area contributed by atoms with Gasteiger partial charge in [0, 0.05) is 17.5 Å². The lowest BCUT2D eigenvalue weighted by Gasteiger charge is -2.31. The van der Waals surface area contributed by atoms with Crippen molar-refractivity contribution in [3.63, 3.8) is 0 Å². The number of carbonyl (C=O) groups excluding carboxylic acids is 3. The number of benzene rings is 1. The second-order valence-corrected chi connectivity index (χ2v) is 10.1. The van der Waals surface area contributed by atoms with Crippen molar-refractivity contribution in [3.05, 3.63) is 80.4 Å². The average Bonchev–Trinajstić information content (AvgIpc) is 3.62. The fourth-order valence-corrected chi connectivity index (χ4v) is 5.56. The van der Waals surface area contributed by atoms with Crippen molar-refractivity contribution in [1.82, 2.24) is 15.5 Å². The maximum atomic E-state index is 13.5. The molecule has 1 unspecified atom stereocenters. The van der Waals surface area contributed by atoms with Crippen molar-refractivity contribution in [2.24, 2.45) is 0 Å². The van der Waals surface area contributed by atoms with Gasteiger partial charge in [0.25, 0.3) is 5.91 Å². The molecule has 0 radical (unpaired) electrons. The zero-order valence-corrected chi connectivity index (χ0v) is 20.2. The van der Waals surface area contributed by atoms with Crippen LogP contribution in [-0.2, 0) is 16.1 Å². The molecule has 0 bridgehead atoms. The molecule has 1 aliphatic rings. The number of hydrogen-bond acceptors (Lipinski definition) is 5. The third kappa shape index (κ3) is 6.09. The van der Waals surface area contributed by atoms with Crippen LogP contribution in [0.15, 0.2) is 59.3 Å². The summed E-state index contributed by atoms with van der Waals surface area (Å²) >= 11 is 2.69. The lowest BCUT2D eigenvalue weighted by atomic mass is 10.1. The number of nitrogens with one attached hydrogen (secondary N) is 2. The Kier molecular flexibility index (Phi) is 8.08. The normalized spacial score (nSPS) is 14.5. The highest BCUT2D eigenvalue weighted by Crippen LogP contribution is 2.29. The molecule has 0 aliphatic heterocycles. The molecule has 9 heteroatoms. The monoisotopic (exact) mass is 499 g/mol. The van der Waals surface area contributed by atoms with Crippen LogP contribution >= 0.6 is 22.7 Å². The molecule has 0 spiro atoms. The van der Waals surface area contributed by atoms with E-state index in [0.29, 0.717) is 10.4 Å². The van der Waals surface area contributed by atoms with Gasteiger partial charge in [-0.25, -0.2) is 4.39 Å². The van der Waals surface area contributed by atoms with E-state index in [1.54, 1.807) is 29.6 Å². The van der Waals surface area contributed by atoms with Gasteiger partial charge in [-0.15, -0.1) is 22.7 Å². The number of thiophene rings is 2. The van der Waals surface area contributed by atoms with Gasteiger partial charge < -0.3 is 15.5 Å². The molecule has 0 saturated heterocycles. The van der Waals surface area contributed by atoms with Crippen molar-refractivity contribution in [2.45, 2.75) is 44.3 Å². The van der Waals surface area contributed by atoms with Crippen LogP contribution in [-0.4, -0.2) is 35.2 Å². The highest BCUT2D eigenvalue weighted by molar-refractivity contribution is 7.12. The van der Waals surface area contributed by atoms with E-state index in [1.807, 2.05) is 17.5 Å². The zero-order chi connectivity index (χ0) is 23.9. The molecule has 6 nitrogen and oxygen atoms in total. The number of rotatable bonds is 9. The largest absolute Gasteiger partial charge is 0.351 e. The van der Waals surface area contributed by atoms with Crippen LogP contribution in [0.25, 0.3) is 0 Å². The number of amides is 3. The van der Waals surface area contributed by atoms with E-state index >= 15 is 0 Å². The van der Waals surface area contributed by atoms with Gasteiger partial charge in [-0.05, 0) is 53.4 Å². The highest BCUT2D eigenvalue weighted by Gasteiger charge is 2.34. The Labute approximate surface area is 205 Å². The molecule has 1 fully saturated rings. The van der Waals surface area contributed by atoms with Crippen LogP contribution in [0.5, 0.6) is 0 Å². The molecule has 2 aromatic heterocycles. The first-order valence-electron chi connectivity index (χ1n) is 11.2. The van der Waals surface area contributed by atoms with Crippen molar-refractivity contribution in [1.29, 1.82) is 0 Å². The fraction of sp³-hybridized carbons (Fsp3) is 0.320. The molecule has 1 atom stereocenters. The molecule has 1 aromatic carbocycles. The molecule has 34 heavy (non-hydrogen) atoms. The van der Waals surface area contributed by atoms with E-state index in [2.05, 4.69) is 10.6 Å². The Hall–Kier alpha value is -3.04. The minimum atomic E-state index is -0.850. The van der Waals surface area contributed by atoms with Crippen LogP contribution in [0, 0.1) is 5.82 Å². The molecule has 1 aliphatic carbocycles. The van der Waals surface area contributed by atoms with Gasteiger partial charge in [0.2, 0.25) is 11.8 Å². The summed E-state index contributed by atoms with van der Waals surface area (Å²) in [6.45, 7) is -0.148. The smallest absolute Gasteiger partial charge is 0.261 e. The Balaban J connectivity index is 1.58. The molecule has 178 valence electrons. The number of nitrogens with zero attached hydrogens (tertiary/aromatic N) is 1. The SMILES string of the molecule is O=C(NCC(=O)N(Cc1ccc(F)cc1)C(C(=O)NC1CCCC1)c1cccs1)c1cccs1. The molecular weight excluding hydrogens is 473 g/mol. The lowest BCUT2D eigenvalue weighted by molar-refractivity contribution is -0.141. The molecule has 2 N–H and O–H groups in total. The quantitative estimate of drug-likeness (QED) is 0.455. The Morgan fingerprint density at radius 1 is 1.00 bits per heavy atom. The van der Waals surface area contributed by atoms with Crippen LogP contribution < -0.4 is 10.6 Å². The maximum absolute atomic E-state index is 13.5. The second kappa shape index (κ2) is 11.4. The van der Waals surface area contributed by atoms with E-state index in [1.165, 1.54) is 39.7 Å².